The number of benzene rings is 2. The minimum atomic E-state index is -3.97. The van der Waals surface area contributed by atoms with Gasteiger partial charge >= 0.3 is 0 Å². The molecule has 0 bridgehead atoms. The van der Waals surface area contributed by atoms with E-state index in [2.05, 4.69) is 28.5 Å². The van der Waals surface area contributed by atoms with Gasteiger partial charge in [0.15, 0.2) is 11.6 Å². The molecule has 0 atom stereocenters. The zero-order valence-corrected chi connectivity index (χ0v) is 21.0. The highest BCUT2D eigenvalue weighted by Crippen LogP contribution is 2.36. The number of nitrogens with one attached hydrogen (secondary N) is 1. The van der Waals surface area contributed by atoms with Crippen LogP contribution in [0.1, 0.15) is 18.7 Å². The summed E-state index contributed by atoms with van der Waals surface area (Å²) in [5.74, 6) is -0.236. The lowest BCUT2D eigenvalue weighted by atomic mass is 10.3. The van der Waals surface area contributed by atoms with E-state index in [0.717, 1.165) is 40.8 Å². The number of hydrogen-bond acceptors (Lipinski definition) is 6. The van der Waals surface area contributed by atoms with Crippen LogP contribution in [0, 0.1) is 5.82 Å². The fraction of sp³-hybridized carbons (Fsp3) is 0.208. The third kappa shape index (κ3) is 5.33. The number of pyridine rings is 1. The summed E-state index contributed by atoms with van der Waals surface area (Å²) in [7, 11) is -3.97. The summed E-state index contributed by atoms with van der Waals surface area (Å²) >= 11 is 7.56. The molecule has 6 nitrogen and oxygen atoms in total. The van der Waals surface area contributed by atoms with Gasteiger partial charge in [-0.3, -0.25) is 14.6 Å². The number of hydrogen-bond donors (Lipinski definition) is 1. The van der Waals surface area contributed by atoms with Gasteiger partial charge in [-0.2, -0.15) is 0 Å². The summed E-state index contributed by atoms with van der Waals surface area (Å²) in [4.78, 5) is 7.76. The van der Waals surface area contributed by atoms with E-state index in [1.54, 1.807) is 35.7 Å². The first-order valence-corrected chi connectivity index (χ1v) is 13.3. The Kier molecular flexibility index (Phi) is 7.37. The molecule has 4 rings (SSSR count). The summed E-state index contributed by atoms with van der Waals surface area (Å²) in [6.07, 6.45) is 1.62. The van der Waals surface area contributed by atoms with Crippen LogP contribution >= 0.6 is 22.9 Å². The van der Waals surface area contributed by atoms with Crippen molar-refractivity contribution in [1.82, 2.24) is 9.88 Å². The summed E-state index contributed by atoms with van der Waals surface area (Å²) in [6.45, 7) is 6.93. The third-order valence-electron chi connectivity index (χ3n) is 5.23. The molecule has 0 radical (unpaired) electrons. The number of aromatic nitrogens is 1. The molecule has 1 N–H and O–H groups in total. The maximum absolute atomic E-state index is 14.9. The molecule has 34 heavy (non-hydrogen) atoms. The van der Waals surface area contributed by atoms with Crippen molar-refractivity contribution in [1.29, 1.82) is 0 Å². The van der Waals surface area contributed by atoms with E-state index >= 15 is 0 Å². The predicted molar refractivity (Wildman–Crippen MR) is 135 cm³/mol. The lowest BCUT2D eigenvalue weighted by Crippen LogP contribution is -2.21. The van der Waals surface area contributed by atoms with Gasteiger partial charge in [-0.15, -0.1) is 11.3 Å². The molecule has 2 aromatic carbocycles. The fourth-order valence-electron chi connectivity index (χ4n) is 3.43. The van der Waals surface area contributed by atoms with Crippen molar-refractivity contribution in [2.45, 2.75) is 25.3 Å². The van der Waals surface area contributed by atoms with Gasteiger partial charge in [0, 0.05) is 29.8 Å². The van der Waals surface area contributed by atoms with E-state index in [0.29, 0.717) is 5.75 Å². The lowest BCUT2D eigenvalue weighted by molar-refractivity contribution is 0.298. The molecule has 0 aliphatic rings. The number of thiophene rings is 1. The van der Waals surface area contributed by atoms with E-state index in [4.69, 9.17) is 16.3 Å². The Balaban J connectivity index is 1.56. The van der Waals surface area contributed by atoms with Gasteiger partial charge in [-0.05, 0) is 43.4 Å². The van der Waals surface area contributed by atoms with Gasteiger partial charge in [-0.1, -0.05) is 37.6 Å². The number of sulfonamides is 1. The van der Waals surface area contributed by atoms with Gasteiger partial charge in [0.05, 0.1) is 20.9 Å². The molecule has 2 aromatic heterocycles. The highest BCUT2D eigenvalue weighted by atomic mass is 35.5. The van der Waals surface area contributed by atoms with Crippen molar-refractivity contribution in [2.24, 2.45) is 0 Å². The van der Waals surface area contributed by atoms with Crippen LogP contribution in [0.4, 0.5) is 10.1 Å². The molecular formula is C24H23ClFN3O3S2. The second kappa shape index (κ2) is 10.3. The number of ether oxygens (including phenoxy) is 1. The van der Waals surface area contributed by atoms with E-state index in [1.807, 2.05) is 6.07 Å². The van der Waals surface area contributed by atoms with Gasteiger partial charge in [0.2, 0.25) is 0 Å². The van der Waals surface area contributed by atoms with Crippen molar-refractivity contribution in [3.63, 3.8) is 0 Å². The second-order valence-corrected chi connectivity index (χ2v) is 10.7. The van der Waals surface area contributed by atoms with Gasteiger partial charge in [0.1, 0.15) is 10.6 Å². The lowest BCUT2D eigenvalue weighted by Gasteiger charge is -2.16. The first kappa shape index (κ1) is 24.4. The number of nitrogens with zero attached hydrogens (tertiary/aromatic N) is 2. The molecule has 2 heterocycles. The SMILES string of the molecule is CCN(CC)Cc1cc2nccc(Oc3ccc(NS(=O)(=O)c4ccccc4Cl)cc3F)c2s1. The molecule has 0 fully saturated rings. The van der Waals surface area contributed by atoms with Crippen molar-refractivity contribution in [3.05, 3.63) is 76.5 Å². The quantitative estimate of drug-likeness (QED) is 0.272. The monoisotopic (exact) mass is 519 g/mol. The number of fused-ring (bicyclic) bond motifs is 1. The largest absolute Gasteiger partial charge is 0.453 e. The predicted octanol–water partition coefficient (Wildman–Crippen LogP) is 6.52. The van der Waals surface area contributed by atoms with Crippen LogP contribution in [0.15, 0.2) is 65.7 Å². The molecule has 0 unspecified atom stereocenters. The standard InChI is InChI=1S/C24H23ClFN3O3S2/c1-3-29(4-2)15-17-14-20-24(33-17)22(11-12-27-20)32-21-10-9-16(13-19(21)26)28-34(30,31)23-8-6-5-7-18(23)25/h5-14,28H,3-4,15H2,1-2H3. The Morgan fingerprint density at radius 1 is 1.09 bits per heavy atom. The van der Waals surface area contributed by atoms with Crippen LogP contribution in [0.2, 0.25) is 5.02 Å². The van der Waals surface area contributed by atoms with Crippen molar-refractivity contribution >= 4 is 48.9 Å². The topological polar surface area (TPSA) is 71.5 Å². The third-order valence-corrected chi connectivity index (χ3v) is 8.24. The van der Waals surface area contributed by atoms with Crippen LogP contribution in [0.25, 0.3) is 10.2 Å². The van der Waals surface area contributed by atoms with E-state index in [9.17, 15) is 12.8 Å². The van der Waals surface area contributed by atoms with Crippen LogP contribution in [-0.4, -0.2) is 31.4 Å². The van der Waals surface area contributed by atoms with Gasteiger partial charge in [-0.25, -0.2) is 12.8 Å². The van der Waals surface area contributed by atoms with Crippen LogP contribution < -0.4 is 9.46 Å². The molecule has 0 spiro atoms. The Labute approximate surface area is 207 Å². The number of halogens is 2. The summed E-state index contributed by atoms with van der Waals surface area (Å²) < 4.78 is 49.1. The maximum atomic E-state index is 14.9. The Hall–Kier alpha value is -2.72. The summed E-state index contributed by atoms with van der Waals surface area (Å²) in [5.41, 5.74) is 0.844. The maximum Gasteiger partial charge on any atom is 0.263 e. The Bertz CT molecular complexity index is 1420. The molecule has 10 heteroatoms. The van der Waals surface area contributed by atoms with E-state index < -0.39 is 15.8 Å². The van der Waals surface area contributed by atoms with Crippen molar-refractivity contribution < 1.29 is 17.5 Å². The fourth-order valence-corrected chi connectivity index (χ4v) is 6.11. The number of anilines is 1. The van der Waals surface area contributed by atoms with Crippen LogP contribution in [-0.2, 0) is 16.6 Å². The Morgan fingerprint density at radius 3 is 2.56 bits per heavy atom. The van der Waals surface area contributed by atoms with E-state index in [1.165, 1.54) is 24.3 Å². The zero-order chi connectivity index (χ0) is 24.3. The average Bonchev–Trinajstić information content (AvgIpc) is 3.22. The minimum absolute atomic E-state index is 0.0214. The molecule has 0 saturated heterocycles. The number of rotatable bonds is 9. The molecule has 4 aromatic rings. The normalized spacial score (nSPS) is 11.8. The Morgan fingerprint density at radius 2 is 1.85 bits per heavy atom. The highest BCUT2D eigenvalue weighted by molar-refractivity contribution is 7.92. The minimum Gasteiger partial charge on any atom is -0.453 e. The molecule has 0 aliphatic carbocycles. The first-order chi connectivity index (χ1) is 16.3. The zero-order valence-electron chi connectivity index (χ0n) is 18.6. The van der Waals surface area contributed by atoms with Crippen LogP contribution in [0.5, 0.6) is 11.5 Å². The van der Waals surface area contributed by atoms with Crippen molar-refractivity contribution in [3.8, 4) is 11.5 Å². The molecule has 0 amide bonds. The van der Waals surface area contributed by atoms with Gasteiger partial charge < -0.3 is 4.74 Å². The summed E-state index contributed by atoms with van der Waals surface area (Å²) in [6, 6.07) is 13.6. The first-order valence-electron chi connectivity index (χ1n) is 10.6. The molecule has 0 aliphatic heterocycles. The van der Waals surface area contributed by atoms with E-state index in [-0.39, 0.29) is 21.4 Å². The van der Waals surface area contributed by atoms with Gasteiger partial charge in [0.25, 0.3) is 10.0 Å². The van der Waals surface area contributed by atoms with Crippen LogP contribution in [0.3, 0.4) is 0 Å². The van der Waals surface area contributed by atoms with Crippen molar-refractivity contribution in [2.75, 3.05) is 17.8 Å². The second-order valence-electron chi connectivity index (χ2n) is 7.48. The average molecular weight is 520 g/mol. The molecule has 178 valence electrons. The smallest absolute Gasteiger partial charge is 0.263 e. The molecular weight excluding hydrogens is 497 g/mol. The molecule has 0 saturated carbocycles. The highest BCUT2D eigenvalue weighted by Gasteiger charge is 2.19. The summed E-state index contributed by atoms with van der Waals surface area (Å²) in [5, 5.41) is 0.0773.